The number of phenolic OH excluding ortho intramolecular Hbond substituents is 1. The number of allylic oxidation sites excluding steroid dienone is 2. The van der Waals surface area contributed by atoms with Crippen molar-refractivity contribution in [1.29, 1.82) is 0 Å². The Morgan fingerprint density at radius 1 is 0.964 bits per heavy atom. The normalized spacial score (nSPS) is 26.1. The van der Waals surface area contributed by atoms with Crippen molar-refractivity contribution in [3.63, 3.8) is 0 Å². The highest BCUT2D eigenvalue weighted by atomic mass is 79.9. The number of imide groups is 2. The number of hydrogen-bond donors (Lipinski definition) is 2. The number of nitrogens with one attached hydrogen (secondary N) is 1. The first-order valence-electron chi connectivity index (χ1n) is 17.0. The van der Waals surface area contributed by atoms with E-state index in [2.05, 4.69) is 26.3 Å². The van der Waals surface area contributed by atoms with Gasteiger partial charge < -0.3 is 9.84 Å². The van der Waals surface area contributed by atoms with Crippen LogP contribution in [0.4, 0.5) is 24.7 Å². The second kappa shape index (κ2) is 13.4. The van der Waals surface area contributed by atoms with Crippen LogP contribution in [0.15, 0.2) is 95.1 Å². The number of hydrazine groups is 1. The number of phenols is 1. The average molecular weight is 856 g/mol. The van der Waals surface area contributed by atoms with E-state index in [9.17, 15) is 32.7 Å². The minimum atomic E-state index is -4.76. The van der Waals surface area contributed by atoms with Crippen LogP contribution in [0.2, 0.25) is 10.0 Å². The fourth-order valence-corrected chi connectivity index (χ4v) is 9.70. The van der Waals surface area contributed by atoms with Gasteiger partial charge >= 0.3 is 6.18 Å². The van der Waals surface area contributed by atoms with Gasteiger partial charge in [0.25, 0.3) is 11.8 Å². The lowest BCUT2D eigenvalue weighted by Crippen LogP contribution is -2.53. The SMILES string of the molecule is COc1cc([C@H]2C3=CC[C@@H]4C(=O)N(c5ccccc5)C(=O)[C@@H]4[C@@H]3C[C@H]3C(=O)N(Nc4ncc(C(F)(F)F)cc4Cl)C(=O)[C@@]23c2ccc(Cl)cc2)cc(Br)c1O. The molecule has 4 amide bonds. The quantitative estimate of drug-likeness (QED) is 0.147. The predicted octanol–water partition coefficient (Wildman–Crippen LogP) is 8.07. The van der Waals surface area contributed by atoms with Gasteiger partial charge in [0, 0.05) is 17.1 Å². The first kappa shape index (κ1) is 37.0. The Balaban J connectivity index is 1.34. The van der Waals surface area contributed by atoms with Crippen LogP contribution in [0.5, 0.6) is 11.5 Å². The zero-order valence-electron chi connectivity index (χ0n) is 28.5. The molecule has 3 aromatic carbocycles. The summed E-state index contributed by atoms with van der Waals surface area (Å²) in [5, 5.41) is 11.4. The number of anilines is 2. The van der Waals surface area contributed by atoms with Crippen LogP contribution < -0.4 is 15.1 Å². The maximum absolute atomic E-state index is 15.4. The van der Waals surface area contributed by atoms with E-state index in [1.54, 1.807) is 66.7 Å². The van der Waals surface area contributed by atoms with E-state index in [1.165, 1.54) is 12.0 Å². The Kier molecular flexibility index (Phi) is 9.01. The molecule has 0 bridgehead atoms. The number of halogens is 6. The van der Waals surface area contributed by atoms with Gasteiger partial charge in [0.2, 0.25) is 11.8 Å². The van der Waals surface area contributed by atoms with Gasteiger partial charge in [-0.25, -0.2) is 4.98 Å². The van der Waals surface area contributed by atoms with Crippen molar-refractivity contribution in [2.45, 2.75) is 30.4 Å². The molecule has 16 heteroatoms. The summed E-state index contributed by atoms with van der Waals surface area (Å²) in [7, 11) is 1.36. The van der Waals surface area contributed by atoms with Gasteiger partial charge in [0.05, 0.1) is 51.0 Å². The highest BCUT2D eigenvalue weighted by Gasteiger charge is 2.70. The highest BCUT2D eigenvalue weighted by Crippen LogP contribution is 2.65. The molecule has 1 aromatic heterocycles. The molecule has 6 atom stereocenters. The number of para-hydroxylation sites is 1. The Hall–Kier alpha value is -4.92. The summed E-state index contributed by atoms with van der Waals surface area (Å²) in [4.78, 5) is 63.6. The lowest BCUT2D eigenvalue weighted by atomic mass is 9.49. The number of fused-ring (bicyclic) bond motifs is 4. The molecule has 282 valence electrons. The van der Waals surface area contributed by atoms with Gasteiger partial charge in [-0.1, -0.05) is 65.2 Å². The standard InChI is InChI=1S/C39H28BrCl2F3N4O6/c1-55-29-14-18(13-27(40)32(29)50)31-23-11-12-24-30(36(53)48(34(24)51)22-5-3-2-4-6-22)25(23)16-26-35(52)49(37(54)38(26,31)19-7-9-21(41)10-8-19)47-33-28(42)15-20(17-46-33)39(43,44)45/h2-11,13-15,17,24-26,30-31,50H,12,16H2,1H3,(H,46,47)/t24-,25+,26-,30-,31-,38+/m0/s1. The molecule has 4 aliphatic rings. The number of aromatic nitrogens is 1. The van der Waals surface area contributed by atoms with E-state index in [0.29, 0.717) is 44.7 Å². The van der Waals surface area contributed by atoms with Gasteiger partial charge in [-0.15, -0.1) is 0 Å². The molecule has 1 saturated carbocycles. The highest BCUT2D eigenvalue weighted by molar-refractivity contribution is 9.10. The lowest BCUT2D eigenvalue weighted by Gasteiger charge is -2.50. The molecule has 8 rings (SSSR count). The first-order chi connectivity index (χ1) is 26.2. The zero-order valence-corrected chi connectivity index (χ0v) is 31.6. The second-order valence-corrected chi connectivity index (χ2v) is 15.5. The summed E-state index contributed by atoms with van der Waals surface area (Å²) in [6.07, 6.45) is -2.26. The molecule has 0 unspecified atom stereocenters. The third-order valence-corrected chi connectivity index (χ3v) is 12.3. The molecule has 0 radical (unpaired) electrons. The molecule has 55 heavy (non-hydrogen) atoms. The molecular formula is C39H28BrCl2F3N4O6. The number of rotatable bonds is 6. The second-order valence-electron chi connectivity index (χ2n) is 13.8. The van der Waals surface area contributed by atoms with E-state index in [4.69, 9.17) is 27.9 Å². The van der Waals surface area contributed by atoms with Gasteiger partial charge in [-0.2, -0.15) is 18.2 Å². The number of nitrogens with zero attached hydrogens (tertiary/aromatic N) is 3. The van der Waals surface area contributed by atoms with Crippen molar-refractivity contribution in [2.75, 3.05) is 17.4 Å². The van der Waals surface area contributed by atoms with E-state index < -0.39 is 69.5 Å². The summed E-state index contributed by atoms with van der Waals surface area (Å²) in [5.41, 5.74) is 1.55. The van der Waals surface area contributed by atoms with Crippen molar-refractivity contribution in [1.82, 2.24) is 9.99 Å². The topological polar surface area (TPSA) is 129 Å². The molecule has 2 N–H and O–H groups in total. The minimum Gasteiger partial charge on any atom is -0.503 e. The van der Waals surface area contributed by atoms with Crippen LogP contribution in [0.3, 0.4) is 0 Å². The molecule has 4 aromatic rings. The average Bonchev–Trinajstić information content (AvgIpc) is 3.54. The third-order valence-electron chi connectivity index (χ3n) is 11.2. The summed E-state index contributed by atoms with van der Waals surface area (Å²) < 4.78 is 46.2. The van der Waals surface area contributed by atoms with Gasteiger partial charge in [0.15, 0.2) is 17.3 Å². The van der Waals surface area contributed by atoms with E-state index in [1.807, 2.05) is 6.08 Å². The number of methoxy groups -OCH3 is 1. The molecule has 2 aliphatic heterocycles. The molecule has 10 nitrogen and oxygen atoms in total. The molecule has 2 saturated heterocycles. The number of hydrogen-bond acceptors (Lipinski definition) is 8. The molecule has 3 fully saturated rings. The number of pyridine rings is 1. The van der Waals surface area contributed by atoms with E-state index >= 15 is 4.79 Å². The summed E-state index contributed by atoms with van der Waals surface area (Å²) in [5.74, 6) is -7.48. The third kappa shape index (κ3) is 5.62. The molecular weight excluding hydrogens is 828 g/mol. The van der Waals surface area contributed by atoms with Crippen LogP contribution in [-0.2, 0) is 30.8 Å². The predicted molar refractivity (Wildman–Crippen MR) is 198 cm³/mol. The Morgan fingerprint density at radius 2 is 1.67 bits per heavy atom. The van der Waals surface area contributed by atoms with Gasteiger partial charge in [-0.05, 0) is 88.3 Å². The van der Waals surface area contributed by atoms with Gasteiger partial charge in [-0.3, -0.25) is 29.5 Å². The number of aromatic hydroxyl groups is 1. The number of carbonyl (C=O) groups is 4. The molecule has 0 spiro atoms. The number of benzene rings is 3. The van der Waals surface area contributed by atoms with Crippen molar-refractivity contribution in [2.24, 2.45) is 23.7 Å². The first-order valence-corrected chi connectivity index (χ1v) is 18.6. The van der Waals surface area contributed by atoms with Crippen molar-refractivity contribution in [3.05, 3.63) is 122 Å². The summed E-state index contributed by atoms with van der Waals surface area (Å²) in [6.45, 7) is 0. The maximum atomic E-state index is 15.4. The van der Waals surface area contributed by atoms with Crippen LogP contribution >= 0.6 is 39.1 Å². The Labute approximate surface area is 330 Å². The maximum Gasteiger partial charge on any atom is 0.417 e. The van der Waals surface area contributed by atoms with Crippen molar-refractivity contribution >= 4 is 74.3 Å². The largest absolute Gasteiger partial charge is 0.503 e. The van der Waals surface area contributed by atoms with Crippen molar-refractivity contribution in [3.8, 4) is 11.5 Å². The van der Waals surface area contributed by atoms with E-state index in [0.717, 1.165) is 0 Å². The number of alkyl halides is 3. The van der Waals surface area contributed by atoms with Gasteiger partial charge in [0.1, 0.15) is 0 Å². The fourth-order valence-electron chi connectivity index (χ4n) is 8.91. The number of ether oxygens (including phenoxy) is 1. The summed E-state index contributed by atoms with van der Waals surface area (Å²) in [6, 6.07) is 18.7. The molecule has 3 heterocycles. The van der Waals surface area contributed by atoms with Crippen LogP contribution in [0.25, 0.3) is 0 Å². The number of carbonyl (C=O) groups excluding carboxylic acids is 4. The van der Waals surface area contributed by atoms with Crippen LogP contribution in [0, 0.1) is 23.7 Å². The Morgan fingerprint density at radius 3 is 2.33 bits per heavy atom. The minimum absolute atomic E-state index is 0.0541. The Bertz CT molecular complexity index is 2330. The van der Waals surface area contributed by atoms with Crippen LogP contribution in [0.1, 0.15) is 35.4 Å². The molecule has 2 aliphatic carbocycles. The van der Waals surface area contributed by atoms with E-state index in [-0.39, 0.29) is 40.5 Å². The van der Waals surface area contributed by atoms with Crippen LogP contribution in [-0.4, -0.2) is 45.8 Å². The smallest absolute Gasteiger partial charge is 0.417 e. The fraction of sp³-hybridized carbons (Fsp3) is 0.256. The van der Waals surface area contributed by atoms with Crippen molar-refractivity contribution < 1.29 is 42.2 Å². The monoisotopic (exact) mass is 854 g/mol. The number of amides is 4. The lowest BCUT2D eigenvalue weighted by molar-refractivity contribution is -0.139. The zero-order chi connectivity index (χ0) is 39.1. The summed E-state index contributed by atoms with van der Waals surface area (Å²) >= 11 is 16.0.